The van der Waals surface area contributed by atoms with Gasteiger partial charge in [-0.25, -0.2) is 10.2 Å². The number of furan rings is 1. The molecule has 184 valence electrons. The maximum atomic E-state index is 13.3. The molecular formula is C27H16Br2ClN3O4. The fraction of sp³-hybridized carbons (Fsp3) is 0. The number of hydrogen-bond donors (Lipinski definition) is 2. The number of ether oxygens (including phenoxy) is 1. The Morgan fingerprint density at radius 3 is 2.65 bits per heavy atom. The van der Waals surface area contributed by atoms with Crippen molar-refractivity contribution in [2.45, 2.75) is 0 Å². The Hall–Kier alpha value is -3.66. The fourth-order valence-electron chi connectivity index (χ4n) is 3.77. The second-order valence-electron chi connectivity index (χ2n) is 7.77. The van der Waals surface area contributed by atoms with E-state index in [4.69, 9.17) is 20.8 Å². The van der Waals surface area contributed by atoms with Crippen molar-refractivity contribution >= 4 is 72.5 Å². The minimum Gasteiger partial charge on any atom is -0.457 e. The lowest BCUT2D eigenvalue weighted by molar-refractivity contribution is 0.0700. The topological polar surface area (TPSA) is 96.7 Å². The summed E-state index contributed by atoms with van der Waals surface area (Å²) >= 11 is 13.4. The third-order valence-corrected chi connectivity index (χ3v) is 6.90. The number of aromatic amines is 1. The van der Waals surface area contributed by atoms with Gasteiger partial charge in [0.1, 0.15) is 11.4 Å². The number of esters is 1. The van der Waals surface area contributed by atoms with Crippen molar-refractivity contribution in [1.29, 1.82) is 0 Å². The molecule has 2 heterocycles. The Balaban J connectivity index is 1.45. The van der Waals surface area contributed by atoms with Gasteiger partial charge in [0, 0.05) is 36.0 Å². The second kappa shape index (κ2) is 10.8. The molecule has 0 radical (unpaired) electrons. The zero-order chi connectivity index (χ0) is 25.9. The highest BCUT2D eigenvalue weighted by Gasteiger charge is 2.22. The van der Waals surface area contributed by atoms with Crippen LogP contribution in [0.4, 0.5) is 0 Å². The lowest BCUT2D eigenvalue weighted by atomic mass is 10.0. The van der Waals surface area contributed by atoms with Crippen LogP contribution in [0.15, 0.2) is 97.5 Å². The monoisotopic (exact) mass is 639 g/mol. The van der Waals surface area contributed by atoms with Crippen LogP contribution in [0, 0.1) is 0 Å². The molecule has 7 nitrogen and oxygen atoms in total. The molecule has 0 aliphatic carbocycles. The third-order valence-electron chi connectivity index (χ3n) is 5.42. The Morgan fingerprint density at radius 1 is 1.03 bits per heavy atom. The van der Waals surface area contributed by atoms with E-state index in [9.17, 15) is 9.59 Å². The Kier molecular flexibility index (Phi) is 7.27. The number of nitrogens with zero attached hydrogens (tertiary/aromatic N) is 1. The number of benzene rings is 3. The number of hydrazone groups is 1. The van der Waals surface area contributed by atoms with Crippen molar-refractivity contribution in [2.75, 3.05) is 0 Å². The average Bonchev–Trinajstić information content (AvgIpc) is 3.55. The van der Waals surface area contributed by atoms with Crippen LogP contribution in [-0.2, 0) is 0 Å². The summed E-state index contributed by atoms with van der Waals surface area (Å²) in [7, 11) is 0. The van der Waals surface area contributed by atoms with Crippen LogP contribution >= 0.6 is 43.5 Å². The highest BCUT2D eigenvalue weighted by atomic mass is 79.9. The van der Waals surface area contributed by atoms with E-state index in [2.05, 4.69) is 47.4 Å². The number of nitrogens with one attached hydrogen (secondary N) is 2. The van der Waals surface area contributed by atoms with Crippen LogP contribution < -0.4 is 10.2 Å². The predicted octanol–water partition coefficient (Wildman–Crippen LogP) is 7.59. The molecule has 0 saturated heterocycles. The van der Waals surface area contributed by atoms with Crippen LogP contribution in [0.2, 0.25) is 5.02 Å². The Bertz CT molecular complexity index is 1660. The van der Waals surface area contributed by atoms with Crippen molar-refractivity contribution in [1.82, 2.24) is 10.4 Å². The van der Waals surface area contributed by atoms with Crippen LogP contribution in [0.1, 0.15) is 26.6 Å². The summed E-state index contributed by atoms with van der Waals surface area (Å²) in [6.07, 6.45) is 2.77. The first-order valence-electron chi connectivity index (χ1n) is 10.9. The Morgan fingerprint density at radius 2 is 1.86 bits per heavy atom. The number of fused-ring (bicyclic) bond motifs is 1. The normalized spacial score (nSPS) is 11.2. The minimum atomic E-state index is -0.654. The van der Waals surface area contributed by atoms with E-state index in [1.165, 1.54) is 18.5 Å². The van der Waals surface area contributed by atoms with Crippen LogP contribution in [0.5, 0.6) is 5.75 Å². The largest absolute Gasteiger partial charge is 0.457 e. The minimum absolute atomic E-state index is 0.0659. The maximum Gasteiger partial charge on any atom is 0.379 e. The lowest BCUT2D eigenvalue weighted by Gasteiger charge is -2.08. The van der Waals surface area contributed by atoms with Crippen LogP contribution in [0.3, 0.4) is 0 Å². The Labute approximate surface area is 232 Å². The molecule has 0 fully saturated rings. The van der Waals surface area contributed by atoms with E-state index in [0.29, 0.717) is 27.4 Å². The average molecular weight is 642 g/mol. The lowest BCUT2D eigenvalue weighted by Crippen LogP contribution is -2.19. The molecule has 37 heavy (non-hydrogen) atoms. The zero-order valence-electron chi connectivity index (χ0n) is 18.8. The van der Waals surface area contributed by atoms with Gasteiger partial charge in [0.05, 0.1) is 18.0 Å². The molecule has 0 bridgehead atoms. The van der Waals surface area contributed by atoms with Crippen molar-refractivity contribution in [3.8, 4) is 16.9 Å². The highest BCUT2D eigenvalue weighted by Crippen LogP contribution is 2.38. The summed E-state index contributed by atoms with van der Waals surface area (Å²) in [6, 6.07) is 21.1. The molecule has 1 amide bonds. The van der Waals surface area contributed by atoms with Crippen molar-refractivity contribution in [3.63, 3.8) is 0 Å². The standard InChI is InChI=1S/C27H16Br2ClN3O4/c28-16-10-11-21(37-27(35)22-9-4-12-36-22)15(13-16)14-31-33-26(34)25-23(17-5-1-2-8-20(17)30)18-6-3-7-19(29)24(18)32-25/h1-14,32H,(H,33,34). The maximum absolute atomic E-state index is 13.3. The summed E-state index contributed by atoms with van der Waals surface area (Å²) in [5, 5.41) is 5.46. The van der Waals surface area contributed by atoms with Crippen molar-refractivity contribution in [2.24, 2.45) is 5.10 Å². The first-order valence-corrected chi connectivity index (χ1v) is 12.8. The molecule has 3 aromatic carbocycles. The molecule has 0 atom stereocenters. The first kappa shape index (κ1) is 25.0. The summed E-state index contributed by atoms with van der Waals surface area (Å²) < 4.78 is 12.1. The number of halogens is 3. The number of hydrogen-bond acceptors (Lipinski definition) is 5. The fourth-order valence-corrected chi connectivity index (χ4v) is 4.84. The van der Waals surface area contributed by atoms with Gasteiger partial charge in [-0.2, -0.15) is 5.10 Å². The molecule has 10 heteroatoms. The molecule has 0 aliphatic rings. The van der Waals surface area contributed by atoms with E-state index in [1.54, 1.807) is 30.3 Å². The number of aromatic nitrogens is 1. The molecule has 5 rings (SSSR count). The van der Waals surface area contributed by atoms with Gasteiger partial charge in [-0.1, -0.05) is 57.9 Å². The van der Waals surface area contributed by atoms with Gasteiger partial charge in [0.25, 0.3) is 5.91 Å². The zero-order valence-corrected chi connectivity index (χ0v) is 22.7. The van der Waals surface area contributed by atoms with Crippen molar-refractivity contribution in [3.05, 3.63) is 110 Å². The molecule has 0 aliphatic heterocycles. The number of amides is 1. The van der Waals surface area contributed by atoms with Gasteiger partial charge in [0.2, 0.25) is 5.76 Å². The summed E-state index contributed by atoms with van der Waals surface area (Å²) in [4.78, 5) is 28.8. The predicted molar refractivity (Wildman–Crippen MR) is 149 cm³/mol. The molecule has 0 saturated carbocycles. The molecule has 0 unspecified atom stereocenters. The summed E-state index contributed by atoms with van der Waals surface area (Å²) in [5.41, 5.74) is 5.43. The third kappa shape index (κ3) is 5.24. The SMILES string of the molecule is O=C(Oc1ccc(Br)cc1C=NNC(=O)c1[nH]c2c(Br)cccc2c1-c1ccccc1Cl)c1ccco1. The quantitative estimate of drug-likeness (QED) is 0.0865. The van der Waals surface area contributed by atoms with E-state index in [-0.39, 0.29) is 11.5 Å². The molecule has 2 N–H and O–H groups in total. The van der Waals surface area contributed by atoms with Crippen molar-refractivity contribution < 1.29 is 18.7 Å². The van der Waals surface area contributed by atoms with E-state index < -0.39 is 11.9 Å². The van der Waals surface area contributed by atoms with Gasteiger partial charge >= 0.3 is 5.97 Å². The number of para-hydroxylation sites is 1. The van der Waals surface area contributed by atoms with E-state index in [0.717, 1.165) is 19.8 Å². The van der Waals surface area contributed by atoms with Gasteiger partial charge in [0.15, 0.2) is 0 Å². The van der Waals surface area contributed by atoms with Gasteiger partial charge in [-0.3, -0.25) is 4.79 Å². The highest BCUT2D eigenvalue weighted by molar-refractivity contribution is 9.11. The first-order chi connectivity index (χ1) is 17.9. The van der Waals surface area contributed by atoms with E-state index in [1.807, 2.05) is 36.4 Å². The number of carbonyl (C=O) groups is 2. The molecule has 0 spiro atoms. The molecule has 2 aromatic heterocycles. The number of rotatable bonds is 6. The van der Waals surface area contributed by atoms with Gasteiger partial charge in [-0.15, -0.1) is 0 Å². The summed E-state index contributed by atoms with van der Waals surface area (Å²) in [6.45, 7) is 0. The summed E-state index contributed by atoms with van der Waals surface area (Å²) in [5.74, 6) is -0.817. The second-order valence-corrected chi connectivity index (χ2v) is 9.94. The van der Waals surface area contributed by atoms with Crippen LogP contribution in [-0.4, -0.2) is 23.1 Å². The van der Waals surface area contributed by atoms with Crippen LogP contribution in [0.25, 0.3) is 22.0 Å². The van der Waals surface area contributed by atoms with E-state index >= 15 is 0 Å². The van der Waals surface area contributed by atoms with Gasteiger partial charge in [-0.05, 0) is 58.4 Å². The number of carbonyl (C=O) groups excluding carboxylic acids is 2. The number of H-pyrrole nitrogens is 1. The molecule has 5 aromatic rings. The molecular weight excluding hydrogens is 626 g/mol. The smallest absolute Gasteiger partial charge is 0.379 e. The van der Waals surface area contributed by atoms with Gasteiger partial charge < -0.3 is 14.1 Å².